The molecule has 1 saturated carbocycles. The van der Waals surface area contributed by atoms with E-state index < -0.39 is 0 Å². The van der Waals surface area contributed by atoms with E-state index in [1.165, 1.54) is 23.8 Å². The number of rotatable bonds is 3. The second-order valence-electron chi connectivity index (χ2n) is 6.91. The van der Waals surface area contributed by atoms with Crippen LogP contribution in [0.1, 0.15) is 30.1 Å². The summed E-state index contributed by atoms with van der Waals surface area (Å²) in [6, 6.07) is 0. The zero-order valence-electron chi connectivity index (χ0n) is 14.2. The van der Waals surface area contributed by atoms with Crippen molar-refractivity contribution >= 4 is 22.3 Å². The lowest BCUT2D eigenvalue weighted by Crippen LogP contribution is -2.44. The van der Waals surface area contributed by atoms with Crippen LogP contribution in [-0.2, 0) is 0 Å². The number of hydrogen-bond donors (Lipinski definition) is 2. The fraction of sp³-hybridized carbons (Fsp3) is 0.421. The Bertz CT molecular complexity index is 862. The number of anilines is 1. The second-order valence-corrected chi connectivity index (χ2v) is 6.91. The van der Waals surface area contributed by atoms with E-state index in [0.29, 0.717) is 5.92 Å². The summed E-state index contributed by atoms with van der Waals surface area (Å²) in [5.74, 6) is 2.51. The summed E-state index contributed by atoms with van der Waals surface area (Å²) in [6.07, 6.45) is 12.6. The summed E-state index contributed by atoms with van der Waals surface area (Å²) in [7, 11) is 0. The lowest BCUT2D eigenvalue weighted by atomic mass is 10.1. The largest absolute Gasteiger partial charge is 0.387 e. The van der Waals surface area contributed by atoms with Crippen LogP contribution >= 0.6 is 0 Å². The summed E-state index contributed by atoms with van der Waals surface area (Å²) in [5, 5.41) is 7.83. The third-order valence-electron chi connectivity index (χ3n) is 5.13. The van der Waals surface area contributed by atoms with Gasteiger partial charge in [-0.3, -0.25) is 4.98 Å². The number of aromatic nitrogens is 3. The molecule has 2 fully saturated rings. The topological polar surface area (TPSA) is 66.0 Å². The van der Waals surface area contributed by atoms with Gasteiger partial charge in [0.25, 0.3) is 0 Å². The van der Waals surface area contributed by atoms with Crippen molar-refractivity contribution in [3.05, 3.63) is 42.1 Å². The van der Waals surface area contributed by atoms with Gasteiger partial charge in [-0.15, -0.1) is 0 Å². The van der Waals surface area contributed by atoms with Crippen LogP contribution in [0, 0.1) is 0 Å². The maximum atomic E-state index is 5.03. The van der Waals surface area contributed by atoms with Crippen molar-refractivity contribution in [3.8, 4) is 0 Å². The van der Waals surface area contributed by atoms with Gasteiger partial charge in [0.05, 0.1) is 11.7 Å². The van der Waals surface area contributed by atoms with Gasteiger partial charge < -0.3 is 15.5 Å². The molecule has 1 aliphatic carbocycles. The number of nitrogens with one attached hydrogen (secondary N) is 2. The van der Waals surface area contributed by atoms with E-state index >= 15 is 0 Å². The molecule has 0 radical (unpaired) electrons. The molecular formula is C19H22N6. The average Bonchev–Trinajstić information content (AvgIpc) is 3.53. The molecule has 0 amide bonds. The summed E-state index contributed by atoms with van der Waals surface area (Å²) in [4.78, 5) is 16.8. The molecule has 0 unspecified atom stereocenters. The number of pyridine rings is 1. The molecule has 2 aromatic rings. The van der Waals surface area contributed by atoms with Crippen molar-refractivity contribution in [2.24, 2.45) is 0 Å². The SMILES string of the molecule is C1=CC(c2nc(N3CCNCC3)c3c(C4CC4)cncc3n2)=CCN1. The number of fused-ring (bicyclic) bond motifs is 1. The minimum atomic E-state index is 0.630. The van der Waals surface area contributed by atoms with Gasteiger partial charge in [0.15, 0.2) is 5.82 Å². The minimum Gasteiger partial charge on any atom is -0.387 e. The Morgan fingerprint density at radius 1 is 1.08 bits per heavy atom. The number of piperazine rings is 1. The van der Waals surface area contributed by atoms with Gasteiger partial charge in [-0.2, -0.15) is 0 Å². The predicted molar refractivity (Wildman–Crippen MR) is 99.5 cm³/mol. The van der Waals surface area contributed by atoms with Crippen LogP contribution in [0.3, 0.4) is 0 Å². The smallest absolute Gasteiger partial charge is 0.162 e. The molecule has 6 nitrogen and oxygen atoms in total. The third kappa shape index (κ3) is 2.76. The van der Waals surface area contributed by atoms with Gasteiger partial charge in [-0.05, 0) is 36.6 Å². The van der Waals surface area contributed by atoms with Gasteiger partial charge in [-0.25, -0.2) is 9.97 Å². The highest BCUT2D eigenvalue weighted by Crippen LogP contribution is 2.44. The molecule has 2 aromatic heterocycles. The van der Waals surface area contributed by atoms with Gasteiger partial charge in [0, 0.05) is 49.9 Å². The quantitative estimate of drug-likeness (QED) is 0.892. The molecule has 0 bridgehead atoms. The molecule has 0 atom stereocenters. The zero-order chi connectivity index (χ0) is 16.6. The van der Waals surface area contributed by atoms with Crippen LogP contribution in [0.4, 0.5) is 5.82 Å². The van der Waals surface area contributed by atoms with E-state index in [4.69, 9.17) is 9.97 Å². The van der Waals surface area contributed by atoms with E-state index in [0.717, 1.165) is 55.5 Å². The third-order valence-corrected chi connectivity index (χ3v) is 5.13. The van der Waals surface area contributed by atoms with Crippen molar-refractivity contribution in [3.63, 3.8) is 0 Å². The lowest BCUT2D eigenvalue weighted by Gasteiger charge is -2.30. The summed E-state index contributed by atoms with van der Waals surface area (Å²) in [6.45, 7) is 4.77. The molecule has 2 N–H and O–H groups in total. The highest BCUT2D eigenvalue weighted by molar-refractivity contribution is 5.94. The number of dihydropyridines is 1. The Labute approximate surface area is 147 Å². The van der Waals surface area contributed by atoms with Crippen LogP contribution in [0.25, 0.3) is 16.5 Å². The first kappa shape index (κ1) is 14.8. The molecular weight excluding hydrogens is 312 g/mol. The summed E-state index contributed by atoms with van der Waals surface area (Å²) < 4.78 is 0. The summed E-state index contributed by atoms with van der Waals surface area (Å²) >= 11 is 0. The fourth-order valence-electron chi connectivity index (χ4n) is 3.65. The monoisotopic (exact) mass is 334 g/mol. The van der Waals surface area contributed by atoms with Crippen molar-refractivity contribution in [2.75, 3.05) is 37.6 Å². The number of hydrogen-bond acceptors (Lipinski definition) is 6. The van der Waals surface area contributed by atoms with Gasteiger partial charge >= 0.3 is 0 Å². The van der Waals surface area contributed by atoms with Crippen LogP contribution in [0.2, 0.25) is 0 Å². The molecule has 4 heterocycles. The molecule has 6 heteroatoms. The van der Waals surface area contributed by atoms with E-state index in [1.807, 2.05) is 24.7 Å². The Balaban J connectivity index is 1.71. The molecule has 128 valence electrons. The van der Waals surface area contributed by atoms with Gasteiger partial charge in [0.2, 0.25) is 0 Å². The zero-order valence-corrected chi connectivity index (χ0v) is 14.2. The second kappa shape index (κ2) is 6.11. The van der Waals surface area contributed by atoms with Crippen molar-refractivity contribution < 1.29 is 0 Å². The van der Waals surface area contributed by atoms with E-state index in [-0.39, 0.29) is 0 Å². The molecule has 5 rings (SSSR count). The minimum absolute atomic E-state index is 0.630. The summed E-state index contributed by atoms with van der Waals surface area (Å²) in [5.41, 5.74) is 3.37. The standard InChI is InChI=1S/C19H22N6/c1-2-13(1)15-11-22-12-16-17(15)19(25-9-7-21-8-10-25)24-18(23-16)14-3-5-20-6-4-14/h3-5,11-13,20-21H,1-2,6-10H2. The van der Waals surface area contributed by atoms with Crippen LogP contribution in [0.15, 0.2) is 30.7 Å². The van der Waals surface area contributed by atoms with Crippen molar-refractivity contribution in [1.29, 1.82) is 0 Å². The maximum absolute atomic E-state index is 5.03. The fourth-order valence-corrected chi connectivity index (χ4v) is 3.65. The van der Waals surface area contributed by atoms with E-state index in [1.54, 1.807) is 0 Å². The highest BCUT2D eigenvalue weighted by atomic mass is 15.2. The number of allylic oxidation sites excluding steroid dienone is 2. The normalized spacial score (nSPS) is 20.5. The Hall–Kier alpha value is -2.47. The molecule has 2 aliphatic heterocycles. The lowest BCUT2D eigenvalue weighted by molar-refractivity contribution is 0.585. The van der Waals surface area contributed by atoms with Gasteiger partial charge in [0.1, 0.15) is 5.82 Å². The first-order valence-corrected chi connectivity index (χ1v) is 9.12. The van der Waals surface area contributed by atoms with Crippen LogP contribution < -0.4 is 15.5 Å². The maximum Gasteiger partial charge on any atom is 0.162 e. The van der Waals surface area contributed by atoms with E-state index in [2.05, 4.69) is 26.6 Å². The molecule has 25 heavy (non-hydrogen) atoms. The molecule has 1 saturated heterocycles. The van der Waals surface area contributed by atoms with Crippen molar-refractivity contribution in [2.45, 2.75) is 18.8 Å². The van der Waals surface area contributed by atoms with Crippen LogP contribution in [-0.4, -0.2) is 47.7 Å². The van der Waals surface area contributed by atoms with Crippen molar-refractivity contribution in [1.82, 2.24) is 25.6 Å². The molecule has 0 spiro atoms. The Morgan fingerprint density at radius 2 is 1.96 bits per heavy atom. The number of nitrogens with zero attached hydrogens (tertiary/aromatic N) is 4. The Morgan fingerprint density at radius 3 is 2.72 bits per heavy atom. The predicted octanol–water partition coefficient (Wildman–Crippen LogP) is 1.81. The Kier molecular flexibility index (Phi) is 3.63. The first-order valence-electron chi connectivity index (χ1n) is 9.12. The average molecular weight is 334 g/mol. The van der Waals surface area contributed by atoms with Gasteiger partial charge in [-0.1, -0.05) is 6.08 Å². The molecule has 0 aromatic carbocycles. The van der Waals surface area contributed by atoms with E-state index in [9.17, 15) is 0 Å². The van der Waals surface area contributed by atoms with Crippen LogP contribution in [0.5, 0.6) is 0 Å². The first-order chi connectivity index (χ1) is 12.4. The highest BCUT2D eigenvalue weighted by Gasteiger charge is 2.29. The molecule has 3 aliphatic rings.